The van der Waals surface area contributed by atoms with Gasteiger partial charge in [-0.15, -0.1) is 0 Å². The summed E-state index contributed by atoms with van der Waals surface area (Å²) in [5, 5.41) is 11.0. The van der Waals surface area contributed by atoms with Crippen LogP contribution in [0.15, 0.2) is 30.3 Å². The van der Waals surface area contributed by atoms with Crippen LogP contribution in [0.1, 0.15) is 0 Å². The summed E-state index contributed by atoms with van der Waals surface area (Å²) in [7, 11) is 3.00. The van der Waals surface area contributed by atoms with Crippen LogP contribution < -0.4 is 0 Å². The molecule has 0 heterocycles. The summed E-state index contributed by atoms with van der Waals surface area (Å²) in [5.74, 6) is 0. The molecule has 1 radical (unpaired) electrons. The minimum Gasteiger partial charge on any atom is -0.214 e. The van der Waals surface area contributed by atoms with Crippen molar-refractivity contribution in [1.29, 1.82) is 0 Å². The van der Waals surface area contributed by atoms with Crippen molar-refractivity contribution in [2.75, 3.05) is 21.3 Å². The van der Waals surface area contributed by atoms with Crippen molar-refractivity contribution in [3.8, 4) is 0 Å². The second kappa shape index (κ2) is 22.5. The molecular weight excluding hydrogens is 446 g/mol. The maximum absolute atomic E-state index is 10.9. The second-order valence-corrected chi connectivity index (χ2v) is 5.54. The van der Waals surface area contributed by atoms with E-state index in [9.17, 15) is 26.3 Å². The summed E-state index contributed by atoms with van der Waals surface area (Å²) in [6, 6.07) is 10.0. The van der Waals surface area contributed by atoms with Gasteiger partial charge in [-0.3, -0.25) is 0 Å². The molecule has 0 aliphatic heterocycles. The molecule has 0 bridgehead atoms. The first-order valence-electron chi connectivity index (χ1n) is 4.72. The van der Waals surface area contributed by atoms with Gasteiger partial charge in [0.1, 0.15) is 0 Å². The molecule has 1 aromatic carbocycles. The number of aliphatic hydroxyl groups is 3. The molecule has 21 heavy (non-hydrogen) atoms. The van der Waals surface area contributed by atoms with E-state index in [4.69, 9.17) is 15.3 Å². The molecule has 3 nitrogen and oxygen atoms in total. The molecule has 11 heteroatoms. The molecule has 0 aliphatic rings. The zero-order valence-corrected chi connectivity index (χ0v) is 16.5. The van der Waals surface area contributed by atoms with Gasteiger partial charge in [-0.25, -0.2) is 12.1 Å². The Morgan fingerprint density at radius 3 is 1.00 bits per heavy atom. The zero-order valence-electron chi connectivity index (χ0n) is 11.6. The SMILES string of the molecule is CO.CO.CO.F[C](F)(F)[GeH][C](F)(F)F.[Zr].c1cc[cH-]c1. The van der Waals surface area contributed by atoms with Crippen LogP contribution in [-0.2, 0) is 26.2 Å². The Kier molecular flexibility index (Phi) is 35.4. The largest absolute Gasteiger partial charge is 0.214 e. The molecule has 1 rings (SSSR count). The molecule has 3 N–H and O–H groups in total. The molecule has 0 aliphatic carbocycles. The maximum atomic E-state index is 10.9. The zero-order chi connectivity index (χ0) is 17.2. The molecule has 127 valence electrons. The van der Waals surface area contributed by atoms with E-state index in [0.717, 1.165) is 21.3 Å². The van der Waals surface area contributed by atoms with Crippen molar-refractivity contribution >= 4 is 15.4 Å². The predicted octanol–water partition coefficient (Wildman–Crippen LogP) is 1.69. The average molecular weight is 464 g/mol. The number of alkyl halides is 6. The van der Waals surface area contributed by atoms with Crippen molar-refractivity contribution in [2.45, 2.75) is 10.0 Å². The third-order valence-electron chi connectivity index (χ3n) is 0.883. The van der Waals surface area contributed by atoms with Crippen LogP contribution in [0.5, 0.6) is 0 Å². The summed E-state index contributed by atoms with van der Waals surface area (Å²) >= 11 is -4.06. The Hall–Kier alpha value is 0.236. The standard InChI is InChI=1S/C5H5.C2HF6Ge.3CH4O.Zr/c1-2-4-5-3-1;3-1(4,5)9-2(6,7)8;3*1-2;/h1-5H;9H;3*2H,1H3;/q-1;;;;;. The number of aliphatic hydroxyl groups excluding tert-OH is 3. The van der Waals surface area contributed by atoms with E-state index in [1.165, 1.54) is 0 Å². The first-order valence-corrected chi connectivity index (χ1v) is 7.14. The van der Waals surface area contributed by atoms with Crippen LogP contribution in [0.2, 0.25) is 0 Å². The van der Waals surface area contributed by atoms with Gasteiger partial charge in [0, 0.05) is 47.5 Å². The van der Waals surface area contributed by atoms with E-state index in [2.05, 4.69) is 0 Å². The van der Waals surface area contributed by atoms with E-state index >= 15 is 0 Å². The molecule has 0 fully saturated rings. The minimum absolute atomic E-state index is 0. The van der Waals surface area contributed by atoms with Gasteiger partial charge in [0.25, 0.3) is 0 Å². The van der Waals surface area contributed by atoms with Gasteiger partial charge in [-0.05, 0) is 0 Å². The van der Waals surface area contributed by atoms with E-state index in [0.29, 0.717) is 0 Å². The Morgan fingerprint density at radius 2 is 0.952 bits per heavy atom. The fourth-order valence-corrected chi connectivity index (χ4v) is 1.29. The summed E-state index contributed by atoms with van der Waals surface area (Å²) in [6.45, 7) is 0. The number of halogens is 6. The van der Waals surface area contributed by atoms with Gasteiger partial charge < -0.3 is 15.3 Å². The molecule has 0 unspecified atom stereocenters. The van der Waals surface area contributed by atoms with Crippen LogP contribution in [0, 0.1) is 0 Å². The quantitative estimate of drug-likeness (QED) is 0.312. The summed E-state index contributed by atoms with van der Waals surface area (Å²) in [4.78, 5) is 0. The molecule has 0 amide bonds. The monoisotopic (exact) mass is 464 g/mol. The fourth-order valence-electron chi connectivity index (χ4n) is 0.506. The van der Waals surface area contributed by atoms with E-state index in [1.807, 2.05) is 30.3 Å². The molecule has 0 aromatic heterocycles. The third-order valence-corrected chi connectivity index (χ3v) is 2.26. The number of hydrogen-bond acceptors (Lipinski definition) is 3. The van der Waals surface area contributed by atoms with Crippen LogP contribution in [0.25, 0.3) is 0 Å². The van der Waals surface area contributed by atoms with Crippen molar-refractivity contribution in [3.63, 3.8) is 0 Å². The first kappa shape index (κ1) is 33.0. The third kappa shape index (κ3) is 53.3. The minimum atomic E-state index is -4.98. The summed E-state index contributed by atoms with van der Waals surface area (Å²) in [6.07, 6.45) is 0. The van der Waals surface area contributed by atoms with Crippen molar-refractivity contribution < 1.29 is 67.9 Å². The second-order valence-electron chi connectivity index (χ2n) is 2.19. The van der Waals surface area contributed by atoms with Gasteiger partial charge in [0.15, 0.2) is 0 Å². The average Bonchev–Trinajstić information content (AvgIpc) is 2.91. The molecular formula is C10H18F6GeO3Zr-. The van der Waals surface area contributed by atoms with Gasteiger partial charge in [-0.1, -0.05) is 0 Å². The van der Waals surface area contributed by atoms with E-state index in [-0.39, 0.29) is 26.2 Å². The van der Waals surface area contributed by atoms with Crippen molar-refractivity contribution in [2.24, 2.45) is 0 Å². The molecule has 0 saturated heterocycles. The van der Waals surface area contributed by atoms with Crippen molar-refractivity contribution in [3.05, 3.63) is 30.3 Å². The molecule has 0 atom stereocenters. The molecule has 1 aromatic rings. The maximum Gasteiger partial charge on any atom is 0 e. The van der Waals surface area contributed by atoms with Gasteiger partial charge in [-0.2, -0.15) is 18.2 Å². The topological polar surface area (TPSA) is 60.7 Å². The van der Waals surface area contributed by atoms with Gasteiger partial charge in [0.2, 0.25) is 0 Å². The molecule has 0 saturated carbocycles. The van der Waals surface area contributed by atoms with Crippen LogP contribution in [-0.4, -0.2) is 62.1 Å². The normalized spacial score (nSPS) is 8.76. The summed E-state index contributed by atoms with van der Waals surface area (Å²) < 4.78 is 65.4. The fraction of sp³-hybridized carbons (Fsp3) is 0.500. The van der Waals surface area contributed by atoms with Crippen molar-refractivity contribution in [1.82, 2.24) is 0 Å². The number of rotatable bonds is 0. The van der Waals surface area contributed by atoms with Gasteiger partial charge in [0.05, 0.1) is 0 Å². The smallest absolute Gasteiger partial charge is 0 e. The molecule has 0 spiro atoms. The Labute approximate surface area is 144 Å². The van der Waals surface area contributed by atoms with Crippen LogP contribution >= 0.6 is 0 Å². The Bertz CT molecular complexity index is 213. The first-order chi connectivity index (χ1) is 9.21. The predicted molar refractivity (Wildman–Crippen MR) is 65.7 cm³/mol. The van der Waals surface area contributed by atoms with E-state index < -0.39 is 25.4 Å². The Balaban J connectivity index is -0.0000000606. The summed E-state index contributed by atoms with van der Waals surface area (Å²) in [5.41, 5.74) is 0. The number of hydrogen-bond donors (Lipinski definition) is 3. The van der Waals surface area contributed by atoms with E-state index in [1.54, 1.807) is 0 Å². The van der Waals surface area contributed by atoms with Crippen LogP contribution in [0.3, 0.4) is 0 Å². The van der Waals surface area contributed by atoms with Gasteiger partial charge >= 0.3 is 51.8 Å². The van der Waals surface area contributed by atoms with Crippen LogP contribution in [0.4, 0.5) is 26.3 Å². The Morgan fingerprint density at radius 1 is 0.714 bits per heavy atom.